The predicted molar refractivity (Wildman–Crippen MR) is 101 cm³/mol. The van der Waals surface area contributed by atoms with E-state index in [4.69, 9.17) is 4.74 Å². The van der Waals surface area contributed by atoms with Crippen LogP contribution in [0, 0.1) is 5.82 Å². The maximum atomic E-state index is 13.7. The molecule has 2 nitrogen and oxygen atoms in total. The Labute approximate surface area is 154 Å². The lowest BCUT2D eigenvalue weighted by Gasteiger charge is -2.13. The highest BCUT2D eigenvalue weighted by atomic mass is 35.5. The summed E-state index contributed by atoms with van der Waals surface area (Å²) in [6.45, 7) is 1.72. The Kier molecular flexibility index (Phi) is 7.45. The van der Waals surface area contributed by atoms with Crippen LogP contribution >= 0.6 is 12.4 Å². The van der Waals surface area contributed by atoms with Crippen LogP contribution in [0.4, 0.5) is 4.39 Å². The highest BCUT2D eigenvalue weighted by molar-refractivity contribution is 5.85. The third-order valence-electron chi connectivity index (χ3n) is 3.80. The molecule has 0 unspecified atom stereocenters. The molecular weight excluding hydrogens is 337 g/mol. The van der Waals surface area contributed by atoms with E-state index in [1.807, 2.05) is 48.5 Å². The largest absolute Gasteiger partial charge is 0.488 e. The van der Waals surface area contributed by atoms with Gasteiger partial charge in [-0.1, -0.05) is 66.7 Å². The van der Waals surface area contributed by atoms with Crippen LogP contribution in [0.15, 0.2) is 78.9 Å². The highest BCUT2D eigenvalue weighted by Gasteiger charge is 2.05. The molecule has 25 heavy (non-hydrogen) atoms. The first-order valence-corrected chi connectivity index (χ1v) is 8.01. The van der Waals surface area contributed by atoms with Gasteiger partial charge in [0, 0.05) is 24.2 Å². The van der Waals surface area contributed by atoms with Crippen LogP contribution in [0.2, 0.25) is 0 Å². The van der Waals surface area contributed by atoms with Crippen LogP contribution < -0.4 is 10.1 Å². The van der Waals surface area contributed by atoms with Gasteiger partial charge in [-0.15, -0.1) is 12.4 Å². The zero-order valence-corrected chi connectivity index (χ0v) is 14.6. The molecule has 3 rings (SSSR count). The van der Waals surface area contributed by atoms with Crippen molar-refractivity contribution in [3.05, 3.63) is 101 Å². The fourth-order valence-electron chi connectivity index (χ4n) is 2.50. The lowest BCUT2D eigenvalue weighted by molar-refractivity contribution is 0.296. The van der Waals surface area contributed by atoms with E-state index < -0.39 is 0 Å². The number of hydrogen-bond donors (Lipinski definition) is 1. The maximum absolute atomic E-state index is 13.7. The molecule has 0 atom stereocenters. The molecule has 0 radical (unpaired) electrons. The Balaban J connectivity index is 0.00000225. The smallest absolute Gasteiger partial charge is 0.129 e. The molecule has 0 bridgehead atoms. The van der Waals surface area contributed by atoms with Gasteiger partial charge in [0.15, 0.2) is 0 Å². The number of benzene rings is 3. The Hall–Kier alpha value is -2.36. The topological polar surface area (TPSA) is 21.3 Å². The number of halogens is 2. The molecule has 0 aliphatic carbocycles. The molecule has 0 aromatic heterocycles. The standard InChI is InChI=1S/C21H20FNO.ClH/c22-20-12-6-4-11-19(20)16-24-21-13-7-5-10-18(21)15-23-14-17-8-2-1-3-9-17;/h1-13,23H,14-16H2;1H. The summed E-state index contributed by atoms with van der Waals surface area (Å²) in [7, 11) is 0. The molecule has 1 N–H and O–H groups in total. The lowest BCUT2D eigenvalue weighted by atomic mass is 10.2. The summed E-state index contributed by atoms with van der Waals surface area (Å²) >= 11 is 0. The summed E-state index contributed by atoms with van der Waals surface area (Å²) in [5.41, 5.74) is 2.86. The van der Waals surface area contributed by atoms with E-state index in [-0.39, 0.29) is 24.8 Å². The minimum Gasteiger partial charge on any atom is -0.488 e. The van der Waals surface area contributed by atoms with Crippen LogP contribution in [0.1, 0.15) is 16.7 Å². The molecular formula is C21H21ClFNO. The van der Waals surface area contributed by atoms with Gasteiger partial charge in [0.25, 0.3) is 0 Å². The molecule has 0 aliphatic heterocycles. The molecule has 0 amide bonds. The van der Waals surface area contributed by atoms with Gasteiger partial charge in [-0.05, 0) is 17.7 Å². The monoisotopic (exact) mass is 357 g/mol. The second-order valence-corrected chi connectivity index (χ2v) is 5.58. The van der Waals surface area contributed by atoms with E-state index in [1.165, 1.54) is 11.6 Å². The average Bonchev–Trinajstić information content (AvgIpc) is 2.63. The van der Waals surface area contributed by atoms with Crippen molar-refractivity contribution in [1.29, 1.82) is 0 Å². The minimum absolute atomic E-state index is 0. The second-order valence-electron chi connectivity index (χ2n) is 5.58. The van der Waals surface area contributed by atoms with Gasteiger partial charge in [-0.3, -0.25) is 0 Å². The Morgan fingerprint density at radius 1 is 0.720 bits per heavy atom. The second kappa shape index (κ2) is 9.82. The van der Waals surface area contributed by atoms with Crippen LogP contribution in [0.5, 0.6) is 5.75 Å². The van der Waals surface area contributed by atoms with E-state index in [9.17, 15) is 4.39 Å². The summed E-state index contributed by atoms with van der Waals surface area (Å²) in [4.78, 5) is 0. The number of ether oxygens (including phenoxy) is 1. The normalized spacial score (nSPS) is 10.1. The molecule has 130 valence electrons. The van der Waals surface area contributed by atoms with Crippen LogP contribution in [-0.4, -0.2) is 0 Å². The first-order valence-electron chi connectivity index (χ1n) is 8.01. The average molecular weight is 358 g/mol. The van der Waals surface area contributed by atoms with Crippen molar-refractivity contribution in [3.63, 3.8) is 0 Å². The van der Waals surface area contributed by atoms with E-state index in [0.29, 0.717) is 12.1 Å². The zero-order chi connectivity index (χ0) is 16.6. The molecule has 4 heteroatoms. The van der Waals surface area contributed by atoms with Crippen molar-refractivity contribution in [3.8, 4) is 5.75 Å². The van der Waals surface area contributed by atoms with Gasteiger partial charge in [0.2, 0.25) is 0 Å². The molecule has 0 spiro atoms. The van der Waals surface area contributed by atoms with E-state index >= 15 is 0 Å². The summed E-state index contributed by atoms with van der Waals surface area (Å²) in [5, 5.41) is 3.41. The summed E-state index contributed by atoms with van der Waals surface area (Å²) in [6.07, 6.45) is 0. The van der Waals surface area contributed by atoms with Crippen molar-refractivity contribution in [2.24, 2.45) is 0 Å². The van der Waals surface area contributed by atoms with Gasteiger partial charge in [0.1, 0.15) is 18.2 Å². The summed E-state index contributed by atoms with van der Waals surface area (Å²) < 4.78 is 19.5. The molecule has 0 saturated heterocycles. The fourth-order valence-corrected chi connectivity index (χ4v) is 2.50. The Bertz CT molecular complexity index is 780. The third-order valence-corrected chi connectivity index (χ3v) is 3.80. The van der Waals surface area contributed by atoms with Crippen LogP contribution in [-0.2, 0) is 19.7 Å². The summed E-state index contributed by atoms with van der Waals surface area (Å²) in [6, 6.07) is 24.8. The van der Waals surface area contributed by atoms with Gasteiger partial charge >= 0.3 is 0 Å². The first-order chi connectivity index (χ1) is 11.8. The SMILES string of the molecule is Cl.Fc1ccccc1COc1ccccc1CNCc1ccccc1. The highest BCUT2D eigenvalue weighted by Crippen LogP contribution is 2.20. The van der Waals surface area contributed by atoms with Crippen LogP contribution in [0.25, 0.3) is 0 Å². The number of rotatable bonds is 7. The lowest BCUT2D eigenvalue weighted by Crippen LogP contribution is -2.13. The van der Waals surface area contributed by atoms with Crippen molar-refractivity contribution < 1.29 is 9.13 Å². The van der Waals surface area contributed by atoms with Crippen molar-refractivity contribution in [2.75, 3.05) is 0 Å². The van der Waals surface area contributed by atoms with Crippen molar-refractivity contribution in [1.82, 2.24) is 5.32 Å². The van der Waals surface area contributed by atoms with Gasteiger partial charge in [0.05, 0.1) is 0 Å². The van der Waals surface area contributed by atoms with Crippen LogP contribution in [0.3, 0.4) is 0 Å². The fraction of sp³-hybridized carbons (Fsp3) is 0.143. The van der Waals surface area contributed by atoms with Gasteiger partial charge in [-0.2, -0.15) is 0 Å². The molecule has 0 saturated carbocycles. The molecule has 0 fully saturated rings. The first kappa shape index (κ1) is 19.0. The zero-order valence-electron chi connectivity index (χ0n) is 13.8. The predicted octanol–water partition coefficient (Wildman–Crippen LogP) is 5.12. The number of nitrogens with one attached hydrogen (secondary N) is 1. The molecule has 0 heterocycles. The van der Waals surface area contributed by atoms with Crippen molar-refractivity contribution in [2.45, 2.75) is 19.7 Å². The van der Waals surface area contributed by atoms with E-state index in [1.54, 1.807) is 12.1 Å². The Morgan fingerprint density at radius 2 is 1.36 bits per heavy atom. The van der Waals surface area contributed by atoms with Crippen molar-refractivity contribution >= 4 is 12.4 Å². The summed E-state index contributed by atoms with van der Waals surface area (Å²) in [5.74, 6) is 0.540. The third kappa shape index (κ3) is 5.59. The molecule has 3 aromatic carbocycles. The van der Waals surface area contributed by atoms with Gasteiger partial charge in [-0.25, -0.2) is 4.39 Å². The number of hydrogen-bond acceptors (Lipinski definition) is 2. The minimum atomic E-state index is -0.239. The Morgan fingerprint density at radius 3 is 2.12 bits per heavy atom. The maximum Gasteiger partial charge on any atom is 0.129 e. The molecule has 3 aromatic rings. The molecule has 0 aliphatic rings. The van der Waals surface area contributed by atoms with Gasteiger partial charge < -0.3 is 10.1 Å². The number of para-hydroxylation sites is 1. The van der Waals surface area contributed by atoms with E-state index in [2.05, 4.69) is 17.4 Å². The van der Waals surface area contributed by atoms with E-state index in [0.717, 1.165) is 17.9 Å². The quantitative estimate of drug-likeness (QED) is 0.634.